The van der Waals surface area contributed by atoms with E-state index in [0.29, 0.717) is 11.1 Å². The zero-order valence-electron chi connectivity index (χ0n) is 16.6. The monoisotopic (exact) mass is 417 g/mol. The number of benzene rings is 3. The lowest BCUT2D eigenvalue weighted by Crippen LogP contribution is -2.24. The van der Waals surface area contributed by atoms with Crippen LogP contribution in [0.5, 0.6) is 0 Å². The van der Waals surface area contributed by atoms with Gasteiger partial charge in [-0.3, -0.25) is 0 Å². The Kier molecular flexibility index (Phi) is 5.84. The molecule has 1 N–H and O–H groups in total. The summed E-state index contributed by atoms with van der Waals surface area (Å²) < 4.78 is 27.4. The van der Waals surface area contributed by atoms with Crippen molar-refractivity contribution in [3.8, 4) is 6.07 Å². The molecule has 0 amide bonds. The first-order chi connectivity index (χ1) is 14.5. The first-order valence-electron chi connectivity index (χ1n) is 9.89. The molecule has 0 fully saturated rings. The smallest absolute Gasteiger partial charge is 0.216 e. The SMILES string of the molecule is N#Cc1cccc(CS(=O)(=O)NCc2ccc(CN3CCc4ccccc43)cc2)c1. The Balaban J connectivity index is 1.34. The summed E-state index contributed by atoms with van der Waals surface area (Å²) in [4.78, 5) is 2.38. The number of hydrogen-bond acceptors (Lipinski definition) is 4. The standard InChI is InChI=1S/C24H23N3O2S/c25-15-21-4-3-5-22(14-21)18-30(28,29)26-16-19-8-10-20(11-9-19)17-27-13-12-23-6-1-2-7-24(23)27/h1-11,14,26H,12-13,16-18H2. The first-order valence-corrected chi connectivity index (χ1v) is 11.5. The highest BCUT2D eigenvalue weighted by Crippen LogP contribution is 2.28. The van der Waals surface area contributed by atoms with Crippen molar-refractivity contribution in [1.82, 2.24) is 4.72 Å². The molecule has 0 unspecified atom stereocenters. The second-order valence-electron chi connectivity index (χ2n) is 7.51. The van der Waals surface area contributed by atoms with Gasteiger partial charge in [0.2, 0.25) is 10.0 Å². The molecule has 152 valence electrons. The Morgan fingerprint density at radius 1 is 0.933 bits per heavy atom. The van der Waals surface area contributed by atoms with Gasteiger partial charge < -0.3 is 4.90 Å². The van der Waals surface area contributed by atoms with E-state index in [4.69, 9.17) is 5.26 Å². The zero-order chi connectivity index (χ0) is 21.0. The number of fused-ring (bicyclic) bond motifs is 1. The Morgan fingerprint density at radius 2 is 1.70 bits per heavy atom. The molecule has 0 aliphatic carbocycles. The number of anilines is 1. The van der Waals surface area contributed by atoms with Crippen LogP contribution < -0.4 is 9.62 Å². The third kappa shape index (κ3) is 4.88. The molecule has 0 aromatic heterocycles. The fourth-order valence-electron chi connectivity index (χ4n) is 3.75. The summed E-state index contributed by atoms with van der Waals surface area (Å²) in [6, 6.07) is 25.2. The van der Waals surface area contributed by atoms with Crippen molar-refractivity contribution >= 4 is 15.7 Å². The van der Waals surface area contributed by atoms with Gasteiger partial charge in [0.1, 0.15) is 0 Å². The maximum absolute atomic E-state index is 12.4. The average molecular weight is 418 g/mol. The molecular formula is C24H23N3O2S. The van der Waals surface area contributed by atoms with Crippen LogP contribution in [0.1, 0.15) is 27.8 Å². The highest BCUT2D eigenvalue weighted by molar-refractivity contribution is 7.88. The van der Waals surface area contributed by atoms with Crippen LogP contribution >= 0.6 is 0 Å². The average Bonchev–Trinajstić information content (AvgIpc) is 3.16. The predicted octanol–water partition coefficient (Wildman–Crippen LogP) is 3.74. The lowest BCUT2D eigenvalue weighted by atomic mass is 10.1. The van der Waals surface area contributed by atoms with Crippen LogP contribution in [0.3, 0.4) is 0 Å². The maximum atomic E-state index is 12.4. The Hall–Kier alpha value is -3.14. The third-order valence-corrected chi connectivity index (χ3v) is 6.59. The molecule has 0 radical (unpaired) electrons. The highest BCUT2D eigenvalue weighted by Gasteiger charge is 2.18. The van der Waals surface area contributed by atoms with E-state index in [9.17, 15) is 8.42 Å². The molecule has 0 atom stereocenters. The summed E-state index contributed by atoms with van der Waals surface area (Å²) in [6.45, 7) is 2.11. The maximum Gasteiger partial charge on any atom is 0.216 e. The van der Waals surface area contributed by atoms with Gasteiger partial charge in [0.25, 0.3) is 0 Å². The van der Waals surface area contributed by atoms with Crippen molar-refractivity contribution in [2.24, 2.45) is 0 Å². The molecule has 0 saturated carbocycles. The summed E-state index contributed by atoms with van der Waals surface area (Å²) in [5.74, 6) is -0.144. The summed E-state index contributed by atoms with van der Waals surface area (Å²) in [6.07, 6.45) is 1.08. The molecule has 6 heteroatoms. The van der Waals surface area contributed by atoms with Gasteiger partial charge in [-0.25, -0.2) is 13.1 Å². The van der Waals surface area contributed by atoms with Crippen molar-refractivity contribution in [2.75, 3.05) is 11.4 Å². The van der Waals surface area contributed by atoms with E-state index in [1.807, 2.05) is 18.2 Å². The van der Waals surface area contributed by atoms with E-state index in [0.717, 1.165) is 25.1 Å². The van der Waals surface area contributed by atoms with E-state index in [1.165, 1.54) is 16.8 Å². The molecule has 3 aromatic rings. The van der Waals surface area contributed by atoms with Gasteiger partial charge in [0.05, 0.1) is 17.4 Å². The second-order valence-corrected chi connectivity index (χ2v) is 9.32. The Morgan fingerprint density at radius 3 is 2.50 bits per heavy atom. The Bertz CT molecular complexity index is 1180. The number of rotatable bonds is 7. The molecule has 4 rings (SSSR count). The van der Waals surface area contributed by atoms with Crippen LogP contribution in [0.4, 0.5) is 5.69 Å². The van der Waals surface area contributed by atoms with E-state index >= 15 is 0 Å². The van der Waals surface area contributed by atoms with E-state index in [2.05, 4.69) is 46.0 Å². The van der Waals surface area contributed by atoms with Crippen LogP contribution in [0.2, 0.25) is 0 Å². The number of sulfonamides is 1. The Labute approximate surface area is 177 Å². The minimum Gasteiger partial charge on any atom is -0.367 e. The number of nitriles is 1. The first kappa shape index (κ1) is 20.1. The molecule has 5 nitrogen and oxygen atoms in total. The van der Waals surface area contributed by atoms with Crippen molar-refractivity contribution < 1.29 is 8.42 Å². The molecule has 3 aromatic carbocycles. The van der Waals surface area contributed by atoms with Crippen LogP contribution in [0.15, 0.2) is 72.8 Å². The fourth-order valence-corrected chi connectivity index (χ4v) is 4.86. The van der Waals surface area contributed by atoms with Gasteiger partial charge in [0.15, 0.2) is 0 Å². The quantitative estimate of drug-likeness (QED) is 0.636. The number of nitrogens with one attached hydrogen (secondary N) is 1. The molecule has 1 aliphatic heterocycles. The normalized spacial score (nSPS) is 13.1. The number of para-hydroxylation sites is 1. The van der Waals surface area contributed by atoms with Crippen molar-refractivity contribution in [3.63, 3.8) is 0 Å². The van der Waals surface area contributed by atoms with Gasteiger partial charge in [-0.05, 0) is 46.9 Å². The zero-order valence-corrected chi connectivity index (χ0v) is 17.4. The third-order valence-electron chi connectivity index (χ3n) is 5.29. The van der Waals surface area contributed by atoms with Gasteiger partial charge in [-0.1, -0.05) is 54.6 Å². The molecule has 1 aliphatic rings. The number of nitrogens with zero attached hydrogens (tertiary/aromatic N) is 2. The van der Waals surface area contributed by atoms with Crippen molar-refractivity contribution in [2.45, 2.75) is 25.3 Å². The van der Waals surface area contributed by atoms with E-state index in [-0.39, 0.29) is 12.3 Å². The van der Waals surface area contributed by atoms with E-state index < -0.39 is 10.0 Å². The van der Waals surface area contributed by atoms with Crippen LogP contribution in [-0.4, -0.2) is 15.0 Å². The molecule has 0 spiro atoms. The van der Waals surface area contributed by atoms with Gasteiger partial charge in [-0.15, -0.1) is 0 Å². The van der Waals surface area contributed by atoms with Crippen LogP contribution in [0, 0.1) is 11.3 Å². The number of hydrogen-bond donors (Lipinski definition) is 1. The topological polar surface area (TPSA) is 73.2 Å². The molecule has 0 bridgehead atoms. The predicted molar refractivity (Wildman–Crippen MR) is 118 cm³/mol. The van der Waals surface area contributed by atoms with Crippen molar-refractivity contribution in [1.29, 1.82) is 5.26 Å². The molecule has 30 heavy (non-hydrogen) atoms. The summed E-state index contributed by atoms with van der Waals surface area (Å²) in [5, 5.41) is 8.95. The second kappa shape index (κ2) is 8.70. The van der Waals surface area contributed by atoms with E-state index in [1.54, 1.807) is 24.3 Å². The summed E-state index contributed by atoms with van der Waals surface area (Å²) in [5.41, 5.74) is 5.86. The summed E-state index contributed by atoms with van der Waals surface area (Å²) >= 11 is 0. The minimum absolute atomic E-state index is 0.144. The molecule has 0 saturated heterocycles. The molecule has 1 heterocycles. The van der Waals surface area contributed by atoms with Gasteiger partial charge >= 0.3 is 0 Å². The minimum atomic E-state index is -3.49. The molecular weight excluding hydrogens is 394 g/mol. The van der Waals surface area contributed by atoms with Crippen LogP contribution in [-0.2, 0) is 35.3 Å². The lowest BCUT2D eigenvalue weighted by Gasteiger charge is -2.19. The van der Waals surface area contributed by atoms with Crippen LogP contribution in [0.25, 0.3) is 0 Å². The van der Waals surface area contributed by atoms with Gasteiger partial charge in [0, 0.05) is 25.3 Å². The largest absolute Gasteiger partial charge is 0.367 e. The van der Waals surface area contributed by atoms with Gasteiger partial charge in [-0.2, -0.15) is 5.26 Å². The fraction of sp³-hybridized carbons (Fsp3) is 0.208. The highest BCUT2D eigenvalue weighted by atomic mass is 32.2. The van der Waals surface area contributed by atoms with Crippen molar-refractivity contribution in [3.05, 3.63) is 101 Å². The lowest BCUT2D eigenvalue weighted by molar-refractivity contribution is 0.580. The summed E-state index contributed by atoms with van der Waals surface area (Å²) in [7, 11) is -3.49.